The van der Waals surface area contributed by atoms with E-state index in [9.17, 15) is 4.79 Å². The van der Waals surface area contributed by atoms with Crippen molar-refractivity contribution in [1.82, 2.24) is 4.98 Å². The van der Waals surface area contributed by atoms with Gasteiger partial charge in [-0.2, -0.15) is 0 Å². The van der Waals surface area contributed by atoms with Gasteiger partial charge in [-0.15, -0.1) is 12.4 Å². The summed E-state index contributed by atoms with van der Waals surface area (Å²) in [6, 6.07) is 13.1. The van der Waals surface area contributed by atoms with Crippen molar-refractivity contribution in [2.45, 2.75) is 13.3 Å². The molecule has 2 aromatic rings. The lowest BCUT2D eigenvalue weighted by Gasteiger charge is -2.21. The summed E-state index contributed by atoms with van der Waals surface area (Å²) >= 11 is 5.86. The highest BCUT2D eigenvalue weighted by Crippen LogP contribution is 2.18. The van der Waals surface area contributed by atoms with Crippen LogP contribution in [0, 0.1) is 0 Å². The van der Waals surface area contributed by atoms with Crippen molar-refractivity contribution >= 4 is 35.6 Å². The first-order valence-electron chi connectivity index (χ1n) is 6.10. The number of hydrogen-bond acceptors (Lipinski definition) is 2. The highest BCUT2D eigenvalue weighted by Gasteiger charge is 2.11. The Labute approximate surface area is 130 Å². The molecule has 1 aromatic carbocycles. The van der Waals surface area contributed by atoms with E-state index < -0.39 is 0 Å². The van der Waals surface area contributed by atoms with Crippen LogP contribution >= 0.6 is 24.0 Å². The number of aromatic nitrogens is 1. The van der Waals surface area contributed by atoms with Crippen molar-refractivity contribution in [2.75, 3.05) is 11.4 Å². The third-order valence-electron chi connectivity index (χ3n) is 2.84. The van der Waals surface area contributed by atoms with Crippen LogP contribution in [0.5, 0.6) is 0 Å². The van der Waals surface area contributed by atoms with Crippen LogP contribution in [0.1, 0.15) is 12.6 Å². The Morgan fingerprint density at radius 1 is 1.20 bits per heavy atom. The standard InChI is InChI=1S/C15H15ClN2O.ClH/c1-12(19)18(15-7-5-13(16)6-8-15)11-9-14-4-2-3-10-17-14;/h2-8,10H,9,11H2,1H3;1H. The van der Waals surface area contributed by atoms with Crippen LogP contribution < -0.4 is 4.90 Å². The van der Waals surface area contributed by atoms with Gasteiger partial charge in [0.05, 0.1) is 0 Å². The Balaban J connectivity index is 0.00000200. The second-order valence-corrected chi connectivity index (χ2v) is 4.65. The molecule has 5 heteroatoms. The molecule has 0 aliphatic carbocycles. The molecule has 3 nitrogen and oxygen atoms in total. The van der Waals surface area contributed by atoms with E-state index in [1.54, 1.807) is 30.2 Å². The normalized spacial score (nSPS) is 9.70. The molecule has 20 heavy (non-hydrogen) atoms. The van der Waals surface area contributed by atoms with Crippen molar-refractivity contribution in [3.8, 4) is 0 Å². The Morgan fingerprint density at radius 3 is 2.45 bits per heavy atom. The van der Waals surface area contributed by atoms with Gasteiger partial charge in [0.25, 0.3) is 0 Å². The zero-order valence-electron chi connectivity index (χ0n) is 11.1. The summed E-state index contributed by atoms with van der Waals surface area (Å²) in [5.41, 5.74) is 1.83. The molecule has 0 fully saturated rings. The first-order chi connectivity index (χ1) is 9.16. The number of carbonyl (C=O) groups excluding carboxylic acids is 1. The Kier molecular flexibility index (Phi) is 6.49. The van der Waals surface area contributed by atoms with E-state index in [-0.39, 0.29) is 18.3 Å². The molecule has 1 amide bonds. The minimum absolute atomic E-state index is 0. The Bertz CT molecular complexity index is 544. The molecule has 0 saturated carbocycles. The molecule has 0 radical (unpaired) electrons. The number of amides is 1. The molecular formula is C15H16Cl2N2O. The molecule has 0 bridgehead atoms. The average Bonchev–Trinajstić information content (AvgIpc) is 2.42. The summed E-state index contributed by atoms with van der Waals surface area (Å²) in [6.07, 6.45) is 2.48. The number of pyridine rings is 1. The number of benzene rings is 1. The van der Waals surface area contributed by atoms with Gasteiger partial charge in [0.1, 0.15) is 0 Å². The second-order valence-electron chi connectivity index (χ2n) is 4.22. The maximum Gasteiger partial charge on any atom is 0.223 e. The monoisotopic (exact) mass is 310 g/mol. The highest BCUT2D eigenvalue weighted by molar-refractivity contribution is 6.30. The third-order valence-corrected chi connectivity index (χ3v) is 3.09. The van der Waals surface area contributed by atoms with Crippen molar-refractivity contribution in [2.24, 2.45) is 0 Å². The smallest absolute Gasteiger partial charge is 0.223 e. The van der Waals surface area contributed by atoms with Gasteiger partial charge < -0.3 is 4.90 Å². The quantitative estimate of drug-likeness (QED) is 0.861. The molecule has 0 spiro atoms. The minimum Gasteiger partial charge on any atom is -0.312 e. The van der Waals surface area contributed by atoms with Gasteiger partial charge in [0.2, 0.25) is 5.91 Å². The largest absolute Gasteiger partial charge is 0.312 e. The van der Waals surface area contributed by atoms with E-state index in [1.807, 2.05) is 30.3 Å². The summed E-state index contributed by atoms with van der Waals surface area (Å²) in [6.45, 7) is 2.17. The van der Waals surface area contributed by atoms with Gasteiger partial charge in [-0.1, -0.05) is 17.7 Å². The highest BCUT2D eigenvalue weighted by atomic mass is 35.5. The van der Waals surface area contributed by atoms with Gasteiger partial charge in [-0.3, -0.25) is 9.78 Å². The van der Waals surface area contributed by atoms with Crippen molar-refractivity contribution in [1.29, 1.82) is 0 Å². The Hall–Kier alpha value is -1.58. The number of halogens is 2. The maximum atomic E-state index is 11.7. The lowest BCUT2D eigenvalue weighted by Crippen LogP contribution is -2.30. The SMILES string of the molecule is CC(=O)N(CCc1ccccn1)c1ccc(Cl)cc1.Cl. The number of anilines is 1. The number of hydrogen-bond donors (Lipinski definition) is 0. The summed E-state index contributed by atoms with van der Waals surface area (Å²) < 4.78 is 0. The fourth-order valence-corrected chi connectivity index (χ4v) is 1.99. The van der Waals surface area contributed by atoms with Crippen LogP contribution in [0.15, 0.2) is 48.7 Å². The summed E-state index contributed by atoms with van der Waals surface area (Å²) in [7, 11) is 0. The molecular weight excluding hydrogens is 295 g/mol. The Morgan fingerprint density at radius 2 is 1.90 bits per heavy atom. The first-order valence-corrected chi connectivity index (χ1v) is 6.48. The lowest BCUT2D eigenvalue weighted by molar-refractivity contribution is -0.116. The van der Waals surface area contributed by atoms with Crippen LogP contribution in [-0.2, 0) is 11.2 Å². The van der Waals surface area contributed by atoms with E-state index in [0.29, 0.717) is 11.6 Å². The second kappa shape index (κ2) is 7.88. The number of carbonyl (C=O) groups is 1. The van der Waals surface area contributed by atoms with Gasteiger partial charge in [0, 0.05) is 42.5 Å². The lowest BCUT2D eigenvalue weighted by atomic mass is 10.2. The number of nitrogens with zero attached hydrogens (tertiary/aromatic N) is 2. The molecule has 106 valence electrons. The van der Waals surface area contributed by atoms with Crippen LogP contribution in [0.25, 0.3) is 0 Å². The van der Waals surface area contributed by atoms with E-state index in [4.69, 9.17) is 11.6 Å². The van der Waals surface area contributed by atoms with E-state index in [2.05, 4.69) is 4.98 Å². The van der Waals surface area contributed by atoms with Crippen molar-refractivity contribution in [3.05, 3.63) is 59.4 Å². The molecule has 0 N–H and O–H groups in total. The van der Waals surface area contributed by atoms with Gasteiger partial charge in [-0.25, -0.2) is 0 Å². The molecule has 1 aromatic heterocycles. The maximum absolute atomic E-state index is 11.7. The van der Waals surface area contributed by atoms with E-state index >= 15 is 0 Å². The first kappa shape index (κ1) is 16.5. The summed E-state index contributed by atoms with van der Waals surface area (Å²) in [5, 5.41) is 0.664. The minimum atomic E-state index is 0. The molecule has 0 aliphatic heterocycles. The van der Waals surface area contributed by atoms with Crippen molar-refractivity contribution < 1.29 is 4.79 Å². The molecule has 0 saturated heterocycles. The zero-order chi connectivity index (χ0) is 13.7. The predicted octanol–water partition coefficient (Wildman–Crippen LogP) is 3.75. The van der Waals surface area contributed by atoms with Crippen molar-refractivity contribution in [3.63, 3.8) is 0 Å². The topological polar surface area (TPSA) is 33.2 Å². The summed E-state index contributed by atoms with van der Waals surface area (Å²) in [5.74, 6) is 0.0123. The number of rotatable bonds is 4. The van der Waals surface area contributed by atoms with Crippen LogP contribution in [-0.4, -0.2) is 17.4 Å². The van der Waals surface area contributed by atoms with E-state index in [0.717, 1.165) is 17.8 Å². The van der Waals surface area contributed by atoms with E-state index in [1.165, 1.54) is 0 Å². The average molecular weight is 311 g/mol. The van der Waals surface area contributed by atoms with Gasteiger partial charge in [-0.05, 0) is 36.4 Å². The zero-order valence-corrected chi connectivity index (χ0v) is 12.7. The molecule has 0 unspecified atom stereocenters. The van der Waals surface area contributed by atoms with Crippen LogP contribution in [0.2, 0.25) is 5.02 Å². The van der Waals surface area contributed by atoms with Crippen LogP contribution in [0.3, 0.4) is 0 Å². The van der Waals surface area contributed by atoms with Gasteiger partial charge >= 0.3 is 0 Å². The van der Waals surface area contributed by atoms with Crippen LogP contribution in [0.4, 0.5) is 5.69 Å². The molecule has 1 heterocycles. The predicted molar refractivity (Wildman–Crippen MR) is 84.7 cm³/mol. The fourth-order valence-electron chi connectivity index (χ4n) is 1.86. The molecule has 2 rings (SSSR count). The summed E-state index contributed by atoms with van der Waals surface area (Å²) in [4.78, 5) is 17.7. The van der Waals surface area contributed by atoms with Gasteiger partial charge in [0.15, 0.2) is 0 Å². The molecule has 0 aliphatic rings. The third kappa shape index (κ3) is 4.51. The fraction of sp³-hybridized carbons (Fsp3) is 0.200. The molecule has 0 atom stereocenters.